The van der Waals surface area contributed by atoms with Crippen LogP contribution in [0, 0.1) is 25.2 Å². The molecule has 0 atom stereocenters. The van der Waals surface area contributed by atoms with Crippen LogP contribution >= 0.6 is 11.6 Å². The summed E-state index contributed by atoms with van der Waals surface area (Å²) in [5, 5.41) is 22.3. The van der Waals surface area contributed by atoms with Crippen molar-refractivity contribution >= 4 is 23.6 Å². The van der Waals surface area contributed by atoms with Crippen molar-refractivity contribution in [2.75, 3.05) is 0 Å². The molecule has 0 aliphatic heterocycles. The number of nitrogens with one attached hydrogen (secondary N) is 1. The van der Waals surface area contributed by atoms with E-state index >= 15 is 0 Å². The van der Waals surface area contributed by atoms with Gasteiger partial charge in [0, 0.05) is 11.6 Å². The van der Waals surface area contributed by atoms with Gasteiger partial charge in [-0.05, 0) is 78.6 Å². The highest BCUT2D eigenvalue weighted by atomic mass is 35.5. The summed E-state index contributed by atoms with van der Waals surface area (Å²) in [6, 6.07) is 19.3. The third-order valence-electron chi connectivity index (χ3n) is 4.57. The number of hydrogen-bond acceptors (Lipinski definition) is 4. The van der Waals surface area contributed by atoms with Gasteiger partial charge in [-0.25, -0.2) is 0 Å². The number of hydrogen-bond donors (Lipinski definition) is 2. The van der Waals surface area contributed by atoms with E-state index in [2.05, 4.69) is 5.32 Å². The van der Waals surface area contributed by atoms with Gasteiger partial charge < -0.3 is 15.2 Å². The minimum Gasteiger partial charge on any atom is -0.508 e. The fraction of sp³-hybridized carbons (Fsp3) is 0.120. The number of nitriles is 1. The van der Waals surface area contributed by atoms with Crippen LogP contribution in [0.5, 0.6) is 17.2 Å². The number of aromatic hydroxyl groups is 1. The Balaban J connectivity index is 1.62. The molecule has 1 amide bonds. The van der Waals surface area contributed by atoms with Crippen molar-refractivity contribution in [1.82, 2.24) is 5.32 Å². The molecule has 3 rings (SSSR count). The molecule has 156 valence electrons. The van der Waals surface area contributed by atoms with Gasteiger partial charge in [0.05, 0.1) is 0 Å². The van der Waals surface area contributed by atoms with E-state index < -0.39 is 5.91 Å². The van der Waals surface area contributed by atoms with Gasteiger partial charge in [-0.3, -0.25) is 4.79 Å². The first-order valence-electron chi connectivity index (χ1n) is 9.58. The largest absolute Gasteiger partial charge is 0.508 e. The zero-order valence-electron chi connectivity index (χ0n) is 17.1. The van der Waals surface area contributed by atoms with E-state index in [1.807, 2.05) is 56.3 Å². The number of carbonyl (C=O) groups is 1. The van der Waals surface area contributed by atoms with Crippen LogP contribution in [-0.4, -0.2) is 11.0 Å². The van der Waals surface area contributed by atoms with Gasteiger partial charge in [0.25, 0.3) is 5.91 Å². The first kappa shape index (κ1) is 21.9. The SMILES string of the molecule is Cc1cc(Oc2ccc(CNC(=O)/C(C#N)=C/c3cccc(O)c3)cc2)cc(C)c1Cl. The zero-order valence-corrected chi connectivity index (χ0v) is 17.9. The molecule has 0 fully saturated rings. The molecule has 0 unspecified atom stereocenters. The molecule has 0 aliphatic carbocycles. The number of nitrogens with zero attached hydrogens (tertiary/aromatic N) is 1. The van der Waals surface area contributed by atoms with E-state index in [1.165, 1.54) is 18.2 Å². The lowest BCUT2D eigenvalue weighted by atomic mass is 10.1. The van der Waals surface area contributed by atoms with Gasteiger partial charge in [-0.1, -0.05) is 35.9 Å². The Morgan fingerprint density at radius 1 is 1.10 bits per heavy atom. The summed E-state index contributed by atoms with van der Waals surface area (Å²) >= 11 is 6.19. The first-order valence-corrected chi connectivity index (χ1v) is 9.96. The van der Waals surface area contributed by atoms with E-state index in [0.29, 0.717) is 17.1 Å². The van der Waals surface area contributed by atoms with Gasteiger partial charge >= 0.3 is 0 Å². The van der Waals surface area contributed by atoms with Crippen molar-refractivity contribution in [3.05, 3.63) is 93.5 Å². The van der Waals surface area contributed by atoms with Gasteiger partial charge in [-0.2, -0.15) is 5.26 Å². The average molecular weight is 433 g/mol. The number of phenols is 1. The van der Waals surface area contributed by atoms with Crippen LogP contribution in [0.25, 0.3) is 6.08 Å². The highest BCUT2D eigenvalue weighted by molar-refractivity contribution is 6.32. The second kappa shape index (κ2) is 9.84. The Morgan fingerprint density at radius 3 is 2.39 bits per heavy atom. The number of rotatable bonds is 6. The van der Waals surface area contributed by atoms with Gasteiger partial charge in [-0.15, -0.1) is 0 Å². The van der Waals surface area contributed by atoms with E-state index in [1.54, 1.807) is 12.1 Å². The molecule has 3 aromatic carbocycles. The highest BCUT2D eigenvalue weighted by Gasteiger charge is 2.09. The Hall–Kier alpha value is -3.75. The number of benzene rings is 3. The summed E-state index contributed by atoms with van der Waals surface area (Å²) in [6.45, 7) is 4.12. The molecule has 0 aliphatic rings. The first-order chi connectivity index (χ1) is 14.9. The highest BCUT2D eigenvalue weighted by Crippen LogP contribution is 2.29. The normalized spacial score (nSPS) is 11.0. The lowest BCUT2D eigenvalue weighted by Gasteiger charge is -2.10. The van der Waals surface area contributed by atoms with Crippen LogP contribution in [0.2, 0.25) is 5.02 Å². The predicted molar refractivity (Wildman–Crippen MR) is 121 cm³/mol. The van der Waals surface area contributed by atoms with Crippen molar-refractivity contribution in [2.45, 2.75) is 20.4 Å². The maximum Gasteiger partial charge on any atom is 0.262 e. The Kier molecular flexibility index (Phi) is 6.96. The number of ether oxygens (including phenoxy) is 1. The Bertz CT molecular complexity index is 1160. The number of carbonyl (C=O) groups excluding carboxylic acids is 1. The monoisotopic (exact) mass is 432 g/mol. The third kappa shape index (κ3) is 5.88. The molecule has 0 spiro atoms. The van der Waals surface area contributed by atoms with Crippen molar-refractivity contribution in [1.29, 1.82) is 5.26 Å². The molecule has 6 heteroatoms. The molecule has 0 radical (unpaired) electrons. The maximum absolute atomic E-state index is 12.3. The van der Waals surface area contributed by atoms with E-state index in [4.69, 9.17) is 16.3 Å². The molecule has 31 heavy (non-hydrogen) atoms. The summed E-state index contributed by atoms with van der Waals surface area (Å²) in [6.07, 6.45) is 1.43. The van der Waals surface area contributed by atoms with E-state index in [9.17, 15) is 15.2 Å². The Labute approximate surface area is 186 Å². The second-order valence-corrected chi connectivity index (χ2v) is 7.44. The summed E-state index contributed by atoms with van der Waals surface area (Å²) < 4.78 is 5.89. The van der Waals surface area contributed by atoms with Crippen LogP contribution in [-0.2, 0) is 11.3 Å². The summed E-state index contributed by atoms with van der Waals surface area (Å²) in [4.78, 5) is 12.3. The topological polar surface area (TPSA) is 82.3 Å². The predicted octanol–water partition coefficient (Wildman–Crippen LogP) is 5.68. The summed E-state index contributed by atoms with van der Waals surface area (Å²) in [7, 11) is 0. The molecule has 0 bridgehead atoms. The van der Waals surface area contributed by atoms with Crippen LogP contribution < -0.4 is 10.1 Å². The molecular formula is C25H21ClN2O3. The molecule has 0 saturated carbocycles. The van der Waals surface area contributed by atoms with E-state index in [-0.39, 0.29) is 17.9 Å². The van der Waals surface area contributed by atoms with Crippen LogP contribution in [0.3, 0.4) is 0 Å². The van der Waals surface area contributed by atoms with Crippen LogP contribution in [0.4, 0.5) is 0 Å². The number of amides is 1. The minimum absolute atomic E-state index is 0.0426. The van der Waals surface area contributed by atoms with Gasteiger partial charge in [0.2, 0.25) is 0 Å². The average Bonchev–Trinajstić information content (AvgIpc) is 2.75. The van der Waals surface area contributed by atoms with Crippen molar-refractivity contribution in [3.8, 4) is 23.3 Å². The smallest absolute Gasteiger partial charge is 0.262 e. The fourth-order valence-electron chi connectivity index (χ4n) is 2.98. The van der Waals surface area contributed by atoms with Crippen molar-refractivity contribution in [2.24, 2.45) is 0 Å². The van der Waals surface area contributed by atoms with Gasteiger partial charge in [0.15, 0.2) is 0 Å². The van der Waals surface area contributed by atoms with Crippen LogP contribution in [0.1, 0.15) is 22.3 Å². The summed E-state index contributed by atoms with van der Waals surface area (Å²) in [5.41, 5.74) is 3.28. The molecule has 3 aromatic rings. The lowest BCUT2D eigenvalue weighted by molar-refractivity contribution is -0.117. The lowest BCUT2D eigenvalue weighted by Crippen LogP contribution is -2.23. The number of phenolic OH excluding ortho intramolecular Hbond substituents is 1. The maximum atomic E-state index is 12.3. The fourth-order valence-corrected chi connectivity index (χ4v) is 3.09. The molecule has 2 N–H and O–H groups in total. The quantitative estimate of drug-likeness (QED) is 0.388. The van der Waals surface area contributed by atoms with E-state index in [0.717, 1.165) is 21.7 Å². The van der Waals surface area contributed by atoms with Crippen molar-refractivity contribution < 1.29 is 14.6 Å². The second-order valence-electron chi connectivity index (χ2n) is 7.06. The molecule has 5 nitrogen and oxygen atoms in total. The zero-order chi connectivity index (χ0) is 22.4. The molecule has 0 heterocycles. The number of halogens is 1. The Morgan fingerprint density at radius 2 is 1.77 bits per heavy atom. The standard InChI is InChI=1S/C25H21ClN2O3/c1-16-10-23(11-17(2)24(16)26)31-22-8-6-18(7-9-22)15-28-25(30)20(14-27)12-19-4-3-5-21(29)13-19/h3-13,29H,15H2,1-2H3,(H,28,30)/b20-12+. The minimum atomic E-state index is -0.488. The van der Waals surface area contributed by atoms with Crippen molar-refractivity contribution in [3.63, 3.8) is 0 Å². The molecule has 0 aromatic heterocycles. The third-order valence-corrected chi connectivity index (χ3v) is 5.16. The summed E-state index contributed by atoms with van der Waals surface area (Å²) in [5.74, 6) is 0.949. The molecule has 0 saturated heterocycles. The number of aryl methyl sites for hydroxylation is 2. The van der Waals surface area contributed by atoms with Gasteiger partial charge in [0.1, 0.15) is 28.9 Å². The van der Waals surface area contributed by atoms with Crippen LogP contribution in [0.15, 0.2) is 66.2 Å². The molecular weight excluding hydrogens is 412 g/mol.